The van der Waals surface area contributed by atoms with Gasteiger partial charge in [0.1, 0.15) is 0 Å². The normalized spacial score (nSPS) is 10.2. The zero-order valence-electron chi connectivity index (χ0n) is 10.8. The van der Waals surface area contributed by atoms with Crippen molar-refractivity contribution in [3.8, 4) is 0 Å². The smallest absolute Gasteiger partial charge is 0.319 e. The molecular weight excluding hydrogens is 252 g/mol. The van der Waals surface area contributed by atoms with Gasteiger partial charge in [-0.15, -0.1) is 0 Å². The Morgan fingerprint density at radius 3 is 2.83 bits per heavy atom. The molecule has 0 heterocycles. The first-order chi connectivity index (χ1) is 8.65. The monoisotopic (exact) mass is 270 g/mol. The van der Waals surface area contributed by atoms with E-state index in [0.717, 1.165) is 18.4 Å². The minimum Gasteiger partial charge on any atom is -0.385 e. The summed E-state index contributed by atoms with van der Waals surface area (Å²) in [5, 5.41) is 6.08. The van der Waals surface area contributed by atoms with Crippen LogP contribution in [0.2, 0.25) is 5.02 Å². The van der Waals surface area contributed by atoms with Crippen LogP contribution >= 0.6 is 11.6 Å². The Hall–Kier alpha value is -1.26. The highest BCUT2D eigenvalue weighted by molar-refractivity contribution is 6.33. The molecule has 0 aromatic heterocycles. The van der Waals surface area contributed by atoms with Crippen LogP contribution in [0.1, 0.15) is 18.4 Å². The minimum absolute atomic E-state index is 0.233. The van der Waals surface area contributed by atoms with Gasteiger partial charge in [-0.25, -0.2) is 4.79 Å². The van der Waals surface area contributed by atoms with Gasteiger partial charge in [-0.1, -0.05) is 23.7 Å². The van der Waals surface area contributed by atoms with Crippen LogP contribution in [0.4, 0.5) is 10.5 Å². The van der Waals surface area contributed by atoms with Crippen molar-refractivity contribution in [1.82, 2.24) is 5.32 Å². The number of aryl methyl sites for hydroxylation is 1. The van der Waals surface area contributed by atoms with Gasteiger partial charge in [0, 0.05) is 20.3 Å². The van der Waals surface area contributed by atoms with Crippen molar-refractivity contribution < 1.29 is 9.53 Å². The van der Waals surface area contributed by atoms with Gasteiger partial charge in [0.25, 0.3) is 0 Å². The number of carbonyl (C=O) groups is 1. The number of rotatable bonds is 6. The molecule has 0 bridgehead atoms. The van der Waals surface area contributed by atoms with Crippen LogP contribution in [0.15, 0.2) is 18.2 Å². The maximum atomic E-state index is 11.6. The lowest BCUT2D eigenvalue weighted by atomic mass is 10.2. The molecule has 5 heteroatoms. The number of anilines is 1. The van der Waals surface area contributed by atoms with Gasteiger partial charge in [-0.3, -0.25) is 0 Å². The van der Waals surface area contributed by atoms with Crippen molar-refractivity contribution in [3.63, 3.8) is 0 Å². The number of methoxy groups -OCH3 is 1. The van der Waals surface area contributed by atoms with Gasteiger partial charge in [0.05, 0.1) is 10.7 Å². The van der Waals surface area contributed by atoms with Crippen molar-refractivity contribution in [2.24, 2.45) is 0 Å². The fraction of sp³-hybridized carbons (Fsp3) is 0.462. The van der Waals surface area contributed by atoms with Crippen LogP contribution in [0.3, 0.4) is 0 Å². The van der Waals surface area contributed by atoms with E-state index >= 15 is 0 Å². The number of nitrogens with one attached hydrogen (secondary N) is 2. The second-order valence-corrected chi connectivity index (χ2v) is 4.42. The van der Waals surface area contributed by atoms with E-state index in [4.69, 9.17) is 16.3 Å². The Morgan fingerprint density at radius 1 is 1.39 bits per heavy atom. The van der Waals surface area contributed by atoms with Crippen LogP contribution in [0, 0.1) is 6.92 Å². The highest BCUT2D eigenvalue weighted by Gasteiger charge is 2.07. The molecule has 0 radical (unpaired) electrons. The van der Waals surface area contributed by atoms with E-state index in [2.05, 4.69) is 10.6 Å². The Bertz CT molecular complexity index is 376. The lowest BCUT2D eigenvalue weighted by Gasteiger charge is -2.11. The molecule has 0 aliphatic carbocycles. The topological polar surface area (TPSA) is 50.4 Å². The predicted octanol–water partition coefficient (Wildman–Crippen LogP) is 3.20. The number of carbonyl (C=O) groups excluding carboxylic acids is 1. The molecule has 1 rings (SSSR count). The summed E-state index contributed by atoms with van der Waals surface area (Å²) in [7, 11) is 1.67. The van der Waals surface area contributed by atoms with Crippen LogP contribution in [-0.4, -0.2) is 26.3 Å². The van der Waals surface area contributed by atoms with Crippen LogP contribution in [0.5, 0.6) is 0 Å². The number of hydrogen-bond acceptors (Lipinski definition) is 2. The first-order valence-corrected chi connectivity index (χ1v) is 6.32. The van der Waals surface area contributed by atoms with Crippen molar-refractivity contribution >= 4 is 23.3 Å². The fourth-order valence-corrected chi connectivity index (χ4v) is 1.79. The lowest BCUT2D eigenvalue weighted by Crippen LogP contribution is -2.30. The van der Waals surface area contributed by atoms with E-state index in [-0.39, 0.29) is 6.03 Å². The molecule has 4 nitrogen and oxygen atoms in total. The Balaban J connectivity index is 2.36. The molecule has 0 unspecified atom stereocenters. The molecule has 2 amide bonds. The number of ether oxygens (including phenoxy) is 1. The van der Waals surface area contributed by atoms with E-state index in [1.54, 1.807) is 13.2 Å². The van der Waals surface area contributed by atoms with Gasteiger partial charge in [-0.2, -0.15) is 0 Å². The Kier molecular flexibility index (Phi) is 6.54. The quantitative estimate of drug-likeness (QED) is 0.780. The predicted molar refractivity (Wildman–Crippen MR) is 74.3 cm³/mol. The maximum absolute atomic E-state index is 11.6. The third-order valence-electron chi connectivity index (χ3n) is 2.52. The summed E-state index contributed by atoms with van der Waals surface area (Å²) in [5.74, 6) is 0. The molecule has 0 aliphatic rings. The SMILES string of the molecule is COCCCCNC(=O)Nc1c(C)cccc1Cl. The van der Waals surface area contributed by atoms with Gasteiger partial charge in [-0.05, 0) is 31.4 Å². The van der Waals surface area contributed by atoms with Crippen molar-refractivity contribution in [1.29, 1.82) is 0 Å². The number of halogens is 1. The lowest BCUT2D eigenvalue weighted by molar-refractivity contribution is 0.192. The van der Waals surface area contributed by atoms with Crippen molar-refractivity contribution in [3.05, 3.63) is 28.8 Å². The standard InChI is InChI=1S/C13H19ClN2O2/c1-10-6-5-7-11(14)12(10)16-13(17)15-8-3-4-9-18-2/h5-7H,3-4,8-9H2,1-2H3,(H2,15,16,17). The highest BCUT2D eigenvalue weighted by Crippen LogP contribution is 2.24. The zero-order chi connectivity index (χ0) is 13.4. The average molecular weight is 271 g/mol. The first kappa shape index (κ1) is 14.8. The summed E-state index contributed by atoms with van der Waals surface area (Å²) in [4.78, 5) is 11.6. The minimum atomic E-state index is -0.233. The summed E-state index contributed by atoms with van der Waals surface area (Å²) in [6, 6.07) is 5.28. The Morgan fingerprint density at radius 2 is 2.17 bits per heavy atom. The first-order valence-electron chi connectivity index (χ1n) is 5.94. The molecule has 0 aliphatic heterocycles. The van der Waals surface area contributed by atoms with Gasteiger partial charge < -0.3 is 15.4 Å². The average Bonchev–Trinajstić information content (AvgIpc) is 2.34. The van der Waals surface area contributed by atoms with E-state index in [1.165, 1.54) is 0 Å². The second kappa shape index (κ2) is 7.95. The van der Waals surface area contributed by atoms with E-state index < -0.39 is 0 Å². The van der Waals surface area contributed by atoms with Crippen LogP contribution in [-0.2, 0) is 4.74 Å². The zero-order valence-corrected chi connectivity index (χ0v) is 11.5. The van der Waals surface area contributed by atoms with Gasteiger partial charge >= 0.3 is 6.03 Å². The third kappa shape index (κ3) is 4.94. The summed E-state index contributed by atoms with van der Waals surface area (Å²) < 4.78 is 4.93. The third-order valence-corrected chi connectivity index (χ3v) is 2.84. The molecule has 0 fully saturated rings. The molecular formula is C13H19ClN2O2. The summed E-state index contributed by atoms with van der Waals surface area (Å²) >= 11 is 6.02. The second-order valence-electron chi connectivity index (χ2n) is 4.01. The Labute approximate surface area is 113 Å². The molecule has 1 aromatic rings. The van der Waals surface area contributed by atoms with Crippen LogP contribution in [0.25, 0.3) is 0 Å². The van der Waals surface area contributed by atoms with E-state index in [0.29, 0.717) is 23.9 Å². The fourth-order valence-electron chi connectivity index (χ4n) is 1.52. The van der Waals surface area contributed by atoms with E-state index in [1.807, 2.05) is 19.1 Å². The molecule has 1 aromatic carbocycles. The molecule has 2 N–H and O–H groups in total. The molecule has 0 spiro atoms. The molecule has 100 valence electrons. The molecule has 0 atom stereocenters. The van der Waals surface area contributed by atoms with E-state index in [9.17, 15) is 4.79 Å². The number of para-hydroxylation sites is 1. The number of benzene rings is 1. The number of unbranched alkanes of at least 4 members (excludes halogenated alkanes) is 1. The summed E-state index contributed by atoms with van der Waals surface area (Å²) in [5.41, 5.74) is 1.60. The van der Waals surface area contributed by atoms with Gasteiger partial charge in [0.2, 0.25) is 0 Å². The van der Waals surface area contributed by atoms with Crippen LogP contribution < -0.4 is 10.6 Å². The molecule has 0 saturated heterocycles. The molecule has 18 heavy (non-hydrogen) atoms. The highest BCUT2D eigenvalue weighted by atomic mass is 35.5. The van der Waals surface area contributed by atoms with Gasteiger partial charge in [0.15, 0.2) is 0 Å². The number of urea groups is 1. The largest absolute Gasteiger partial charge is 0.385 e. The van der Waals surface area contributed by atoms with Crippen molar-refractivity contribution in [2.45, 2.75) is 19.8 Å². The summed E-state index contributed by atoms with van der Waals surface area (Å²) in [6.07, 6.45) is 1.82. The number of hydrogen-bond donors (Lipinski definition) is 2. The molecule has 0 saturated carbocycles. The van der Waals surface area contributed by atoms with Crippen molar-refractivity contribution in [2.75, 3.05) is 25.6 Å². The summed E-state index contributed by atoms with van der Waals surface area (Å²) in [6.45, 7) is 3.24. The maximum Gasteiger partial charge on any atom is 0.319 e. The number of amides is 2.